The molecule has 0 radical (unpaired) electrons. The first kappa shape index (κ1) is 15.1. The molecule has 1 aromatic carbocycles. The number of aryl methyl sites for hydroxylation is 1. The highest BCUT2D eigenvalue weighted by atomic mass is 32.2. The topological polar surface area (TPSA) is 102 Å². The van der Waals surface area contributed by atoms with Crippen molar-refractivity contribution in [1.82, 2.24) is 4.98 Å². The van der Waals surface area contributed by atoms with Crippen LogP contribution in [0, 0.1) is 12.7 Å². The third-order valence-electron chi connectivity index (χ3n) is 2.63. The summed E-state index contributed by atoms with van der Waals surface area (Å²) in [7, 11) is -4.08. The number of primary sulfonamides is 1. The molecule has 3 N–H and O–H groups in total. The molecular weight excluding hydrogens is 297 g/mol. The predicted molar refractivity (Wildman–Crippen MR) is 74.7 cm³/mol. The Labute approximate surface area is 120 Å². The molecule has 6 nitrogen and oxygen atoms in total. The van der Waals surface area contributed by atoms with Crippen LogP contribution in [0.2, 0.25) is 0 Å². The molecule has 0 unspecified atom stereocenters. The van der Waals surface area contributed by atoms with Crippen LogP contribution in [0.1, 0.15) is 15.9 Å². The van der Waals surface area contributed by atoms with Crippen LogP contribution in [0.15, 0.2) is 41.6 Å². The van der Waals surface area contributed by atoms with Crippen LogP contribution in [0.5, 0.6) is 0 Å². The number of carbonyl (C=O) groups is 1. The van der Waals surface area contributed by atoms with Crippen LogP contribution in [-0.4, -0.2) is 19.3 Å². The molecule has 0 saturated heterocycles. The van der Waals surface area contributed by atoms with E-state index < -0.39 is 21.7 Å². The Morgan fingerprint density at radius 2 is 2.00 bits per heavy atom. The van der Waals surface area contributed by atoms with Crippen LogP contribution in [-0.2, 0) is 10.0 Å². The molecule has 8 heteroatoms. The monoisotopic (exact) mass is 309 g/mol. The average Bonchev–Trinajstić information content (AvgIpc) is 2.37. The van der Waals surface area contributed by atoms with Crippen LogP contribution in [0.25, 0.3) is 0 Å². The molecule has 0 aliphatic heterocycles. The molecule has 0 fully saturated rings. The number of carbonyl (C=O) groups excluding carboxylic acids is 1. The highest BCUT2D eigenvalue weighted by molar-refractivity contribution is 7.89. The van der Waals surface area contributed by atoms with Crippen molar-refractivity contribution in [3.63, 3.8) is 0 Å². The van der Waals surface area contributed by atoms with Crippen molar-refractivity contribution < 1.29 is 17.6 Å². The third-order valence-corrected chi connectivity index (χ3v) is 3.60. The van der Waals surface area contributed by atoms with Crippen molar-refractivity contribution in [2.75, 3.05) is 5.32 Å². The van der Waals surface area contributed by atoms with Gasteiger partial charge in [0.25, 0.3) is 5.91 Å². The molecule has 0 atom stereocenters. The summed E-state index contributed by atoms with van der Waals surface area (Å²) in [4.78, 5) is 15.5. The lowest BCUT2D eigenvalue weighted by Crippen LogP contribution is -2.18. The molecule has 1 heterocycles. The molecule has 2 rings (SSSR count). The van der Waals surface area contributed by atoms with Gasteiger partial charge < -0.3 is 5.32 Å². The highest BCUT2D eigenvalue weighted by Gasteiger charge is 2.17. The molecule has 0 saturated carbocycles. The zero-order chi connectivity index (χ0) is 15.6. The van der Waals surface area contributed by atoms with E-state index in [9.17, 15) is 17.6 Å². The predicted octanol–water partition coefficient (Wildman–Crippen LogP) is 1.43. The lowest BCUT2D eigenvalue weighted by atomic mass is 10.2. The molecule has 1 amide bonds. The highest BCUT2D eigenvalue weighted by Crippen LogP contribution is 2.22. The van der Waals surface area contributed by atoms with E-state index in [-0.39, 0.29) is 16.1 Å². The first-order chi connectivity index (χ1) is 9.77. The number of hydrogen-bond donors (Lipinski definition) is 2. The van der Waals surface area contributed by atoms with Crippen LogP contribution < -0.4 is 10.5 Å². The maximum atomic E-state index is 13.3. The number of aromatic nitrogens is 1. The number of pyridine rings is 1. The number of amides is 1. The molecule has 1 aromatic heterocycles. The van der Waals surface area contributed by atoms with Gasteiger partial charge in [-0.2, -0.15) is 0 Å². The summed E-state index contributed by atoms with van der Waals surface area (Å²) < 4.78 is 36.1. The minimum atomic E-state index is -4.08. The maximum Gasteiger partial charge on any atom is 0.257 e. The second-order valence-corrected chi connectivity index (χ2v) is 5.92. The van der Waals surface area contributed by atoms with Gasteiger partial charge in [-0.25, -0.2) is 17.9 Å². The average molecular weight is 309 g/mol. The fraction of sp³-hybridized carbons (Fsp3) is 0.0769. The SMILES string of the molecule is Cc1cncc(C(=O)Nc2cc(F)ccc2S(N)(=O)=O)c1. The van der Waals surface area contributed by atoms with Gasteiger partial charge in [0.15, 0.2) is 0 Å². The molecule has 0 spiro atoms. The van der Waals surface area contributed by atoms with Gasteiger partial charge in [0.2, 0.25) is 10.0 Å². The van der Waals surface area contributed by atoms with Gasteiger partial charge in [0.1, 0.15) is 10.7 Å². The third kappa shape index (κ3) is 3.61. The lowest BCUT2D eigenvalue weighted by Gasteiger charge is -2.10. The van der Waals surface area contributed by atoms with Gasteiger partial charge in [0.05, 0.1) is 11.3 Å². The van der Waals surface area contributed by atoms with Gasteiger partial charge >= 0.3 is 0 Å². The van der Waals surface area contributed by atoms with Crippen LogP contribution in [0.3, 0.4) is 0 Å². The Hall–Kier alpha value is -2.32. The number of anilines is 1. The first-order valence-electron chi connectivity index (χ1n) is 5.83. The molecule has 0 bridgehead atoms. The number of nitrogens with two attached hydrogens (primary N) is 1. The number of sulfonamides is 1. The second kappa shape index (κ2) is 5.58. The molecule has 2 aromatic rings. The zero-order valence-corrected chi connectivity index (χ0v) is 11.8. The van der Waals surface area contributed by atoms with Crippen molar-refractivity contribution in [1.29, 1.82) is 0 Å². The number of benzene rings is 1. The van der Waals surface area contributed by atoms with Gasteiger partial charge in [-0.1, -0.05) is 0 Å². The molecule has 21 heavy (non-hydrogen) atoms. The molecule has 0 aliphatic carbocycles. The number of rotatable bonds is 3. The molecule has 110 valence electrons. The number of halogens is 1. The van der Waals surface area contributed by atoms with E-state index in [0.29, 0.717) is 0 Å². The minimum Gasteiger partial charge on any atom is -0.321 e. The van der Waals surface area contributed by atoms with Crippen molar-refractivity contribution >= 4 is 21.6 Å². The van der Waals surface area contributed by atoms with Crippen molar-refractivity contribution in [3.05, 3.63) is 53.6 Å². The second-order valence-electron chi connectivity index (χ2n) is 4.39. The van der Waals surface area contributed by atoms with Crippen LogP contribution in [0.4, 0.5) is 10.1 Å². The Bertz CT molecular complexity index is 806. The summed E-state index contributed by atoms with van der Waals surface area (Å²) >= 11 is 0. The summed E-state index contributed by atoms with van der Waals surface area (Å²) in [5.74, 6) is -1.30. The number of nitrogens with one attached hydrogen (secondary N) is 1. The Morgan fingerprint density at radius 3 is 2.62 bits per heavy atom. The zero-order valence-electron chi connectivity index (χ0n) is 11.0. The van der Waals surface area contributed by atoms with E-state index in [1.54, 1.807) is 19.2 Å². The Morgan fingerprint density at radius 1 is 1.29 bits per heavy atom. The normalized spacial score (nSPS) is 11.2. The van der Waals surface area contributed by atoms with Gasteiger partial charge in [0, 0.05) is 12.4 Å². The standard InChI is InChI=1S/C13H12FN3O3S/c1-8-4-9(7-16-6-8)13(18)17-11-5-10(14)2-3-12(11)21(15,19)20/h2-7H,1H3,(H,17,18)(H2,15,19,20). The van der Waals surface area contributed by atoms with Crippen LogP contribution >= 0.6 is 0 Å². The Balaban J connectivity index is 2.40. The van der Waals surface area contributed by atoms with E-state index in [1.165, 1.54) is 6.20 Å². The van der Waals surface area contributed by atoms with Gasteiger partial charge in [-0.3, -0.25) is 9.78 Å². The first-order valence-corrected chi connectivity index (χ1v) is 7.37. The minimum absolute atomic E-state index is 0.219. The largest absolute Gasteiger partial charge is 0.321 e. The van der Waals surface area contributed by atoms with Crippen molar-refractivity contribution in [2.24, 2.45) is 5.14 Å². The Kier molecular flexibility index (Phi) is 4.01. The van der Waals surface area contributed by atoms with E-state index in [1.807, 2.05) is 0 Å². The molecular formula is C13H12FN3O3S. The van der Waals surface area contributed by atoms with Gasteiger partial charge in [-0.15, -0.1) is 0 Å². The number of nitrogens with zero attached hydrogens (tertiary/aromatic N) is 1. The van der Waals surface area contributed by atoms with Gasteiger partial charge in [-0.05, 0) is 36.8 Å². The maximum absolute atomic E-state index is 13.3. The van der Waals surface area contributed by atoms with E-state index >= 15 is 0 Å². The fourth-order valence-corrected chi connectivity index (χ4v) is 2.40. The lowest BCUT2D eigenvalue weighted by molar-refractivity contribution is 0.102. The van der Waals surface area contributed by atoms with E-state index in [0.717, 1.165) is 23.8 Å². The quantitative estimate of drug-likeness (QED) is 0.895. The summed E-state index contributed by atoms with van der Waals surface area (Å²) in [6, 6.07) is 4.40. The fourth-order valence-electron chi connectivity index (χ4n) is 1.72. The smallest absolute Gasteiger partial charge is 0.257 e. The summed E-state index contributed by atoms with van der Waals surface area (Å²) in [6.45, 7) is 1.75. The number of hydrogen-bond acceptors (Lipinski definition) is 4. The van der Waals surface area contributed by atoms with Crippen molar-refractivity contribution in [3.8, 4) is 0 Å². The van der Waals surface area contributed by atoms with E-state index in [2.05, 4.69) is 10.3 Å². The van der Waals surface area contributed by atoms with Crippen molar-refractivity contribution in [2.45, 2.75) is 11.8 Å². The molecule has 0 aliphatic rings. The summed E-state index contributed by atoms with van der Waals surface area (Å²) in [5.41, 5.74) is 0.761. The van der Waals surface area contributed by atoms with E-state index in [4.69, 9.17) is 5.14 Å². The summed E-state index contributed by atoms with van der Waals surface area (Å²) in [6.07, 6.45) is 2.88. The summed E-state index contributed by atoms with van der Waals surface area (Å²) in [5, 5.41) is 7.36.